The van der Waals surface area contributed by atoms with Crippen molar-refractivity contribution in [3.8, 4) is 0 Å². The van der Waals surface area contributed by atoms with E-state index in [1.54, 1.807) is 0 Å². The molecule has 2 rings (SSSR count). The number of amides is 2. The van der Waals surface area contributed by atoms with Gasteiger partial charge in [0, 0.05) is 30.3 Å². The van der Waals surface area contributed by atoms with Crippen LogP contribution in [0.25, 0.3) is 0 Å². The molecule has 114 valence electrons. The lowest BCUT2D eigenvalue weighted by atomic mass is 9.86. The number of aryl methyl sites for hydroxylation is 1. The summed E-state index contributed by atoms with van der Waals surface area (Å²) in [4.78, 5) is 23.3. The lowest BCUT2D eigenvalue weighted by molar-refractivity contribution is -0.120. The van der Waals surface area contributed by atoms with Crippen LogP contribution >= 0.6 is 0 Å². The number of benzene rings is 1. The summed E-state index contributed by atoms with van der Waals surface area (Å²) in [7, 11) is 0. The van der Waals surface area contributed by atoms with Crippen LogP contribution in [0.1, 0.15) is 38.2 Å². The van der Waals surface area contributed by atoms with Crippen molar-refractivity contribution in [1.82, 2.24) is 0 Å². The molecule has 5 nitrogen and oxygen atoms in total. The molecule has 0 bridgehead atoms. The molecule has 0 unspecified atom stereocenters. The summed E-state index contributed by atoms with van der Waals surface area (Å²) in [5.74, 6) is 0.0159. The number of hydrogen-bond acceptors (Lipinski definition) is 3. The summed E-state index contributed by atoms with van der Waals surface area (Å²) in [5.41, 5.74) is 8.32. The van der Waals surface area contributed by atoms with E-state index in [4.69, 9.17) is 5.73 Å². The smallest absolute Gasteiger partial charge is 0.227 e. The Morgan fingerprint density at radius 2 is 1.81 bits per heavy atom. The molecule has 0 aromatic heterocycles. The number of hydrogen-bond donors (Lipinski definition) is 3. The van der Waals surface area contributed by atoms with Crippen LogP contribution in [0.5, 0.6) is 0 Å². The maximum Gasteiger partial charge on any atom is 0.227 e. The second-order valence-corrected chi connectivity index (χ2v) is 5.81. The molecule has 1 saturated carbocycles. The molecule has 5 heteroatoms. The first-order valence-electron chi connectivity index (χ1n) is 7.40. The maximum atomic E-state index is 12.2. The van der Waals surface area contributed by atoms with Crippen LogP contribution in [0.3, 0.4) is 0 Å². The van der Waals surface area contributed by atoms with Crippen molar-refractivity contribution in [1.29, 1.82) is 0 Å². The van der Waals surface area contributed by atoms with Crippen LogP contribution in [0.15, 0.2) is 18.2 Å². The maximum absolute atomic E-state index is 12.2. The van der Waals surface area contributed by atoms with Gasteiger partial charge in [-0.1, -0.05) is 0 Å². The van der Waals surface area contributed by atoms with Gasteiger partial charge in [0.1, 0.15) is 0 Å². The first-order valence-corrected chi connectivity index (χ1v) is 7.40. The molecule has 2 amide bonds. The van der Waals surface area contributed by atoms with Gasteiger partial charge in [-0.15, -0.1) is 0 Å². The third-order valence-corrected chi connectivity index (χ3v) is 3.95. The van der Waals surface area contributed by atoms with E-state index in [1.165, 1.54) is 6.92 Å². The molecular weight excluding hydrogens is 266 g/mol. The molecule has 0 saturated heterocycles. The van der Waals surface area contributed by atoms with E-state index in [9.17, 15) is 9.59 Å². The monoisotopic (exact) mass is 289 g/mol. The Morgan fingerprint density at radius 3 is 2.38 bits per heavy atom. The minimum absolute atomic E-state index is 0.0557. The fourth-order valence-electron chi connectivity index (χ4n) is 2.70. The van der Waals surface area contributed by atoms with Crippen molar-refractivity contribution in [3.05, 3.63) is 23.8 Å². The molecular formula is C16H23N3O2. The highest BCUT2D eigenvalue weighted by atomic mass is 16.2. The number of nitrogens with two attached hydrogens (primary N) is 1. The molecule has 1 aromatic carbocycles. The zero-order chi connectivity index (χ0) is 15.4. The average Bonchev–Trinajstić information content (AvgIpc) is 2.42. The van der Waals surface area contributed by atoms with Crippen molar-refractivity contribution in [2.24, 2.45) is 11.7 Å². The number of anilines is 2. The van der Waals surface area contributed by atoms with Gasteiger partial charge in [-0.2, -0.15) is 0 Å². The van der Waals surface area contributed by atoms with Gasteiger partial charge in [0.2, 0.25) is 11.8 Å². The van der Waals surface area contributed by atoms with Crippen LogP contribution in [0.2, 0.25) is 0 Å². The Morgan fingerprint density at radius 1 is 1.14 bits per heavy atom. The first kappa shape index (κ1) is 15.5. The molecule has 1 aliphatic carbocycles. The Bertz CT molecular complexity index is 534. The van der Waals surface area contributed by atoms with Gasteiger partial charge >= 0.3 is 0 Å². The molecule has 0 heterocycles. The Balaban J connectivity index is 1.98. The van der Waals surface area contributed by atoms with Crippen molar-refractivity contribution >= 4 is 23.2 Å². The number of carbonyl (C=O) groups excluding carboxylic acids is 2. The topological polar surface area (TPSA) is 84.2 Å². The van der Waals surface area contributed by atoms with E-state index in [0.29, 0.717) is 0 Å². The zero-order valence-corrected chi connectivity index (χ0v) is 12.6. The first-order chi connectivity index (χ1) is 9.95. The summed E-state index contributed by atoms with van der Waals surface area (Å²) < 4.78 is 0. The lowest BCUT2D eigenvalue weighted by Crippen LogP contribution is -2.32. The summed E-state index contributed by atoms with van der Waals surface area (Å²) in [6.07, 6.45) is 3.54. The van der Waals surface area contributed by atoms with Gasteiger partial charge in [0.05, 0.1) is 0 Å². The normalized spacial score (nSPS) is 21.7. The average molecular weight is 289 g/mol. The molecule has 1 fully saturated rings. The molecule has 1 aromatic rings. The van der Waals surface area contributed by atoms with Gasteiger partial charge in [-0.3, -0.25) is 9.59 Å². The van der Waals surface area contributed by atoms with Crippen LogP contribution in [-0.4, -0.2) is 17.9 Å². The van der Waals surface area contributed by atoms with E-state index >= 15 is 0 Å². The second kappa shape index (κ2) is 6.72. The largest absolute Gasteiger partial charge is 0.328 e. The summed E-state index contributed by atoms with van der Waals surface area (Å²) in [5, 5.41) is 5.71. The Kier molecular flexibility index (Phi) is 4.96. The van der Waals surface area contributed by atoms with Gasteiger partial charge in [0.15, 0.2) is 0 Å². The Labute approximate surface area is 125 Å². The molecule has 21 heavy (non-hydrogen) atoms. The van der Waals surface area contributed by atoms with Crippen molar-refractivity contribution < 1.29 is 9.59 Å². The molecule has 0 radical (unpaired) electrons. The standard InChI is InChI=1S/C16H23N3O2/c1-10-9-14(7-8-15(10)18-11(2)20)19-16(21)12-3-5-13(17)6-4-12/h7-9,12-13H,3-6,17H2,1-2H3,(H,18,20)(H,19,21). The molecule has 1 aliphatic rings. The van der Waals surface area contributed by atoms with E-state index < -0.39 is 0 Å². The predicted octanol–water partition coefficient (Wildman–Crippen LogP) is 2.41. The number of nitrogens with one attached hydrogen (secondary N) is 2. The second-order valence-electron chi connectivity index (χ2n) is 5.81. The molecule has 4 N–H and O–H groups in total. The van der Waals surface area contributed by atoms with Crippen LogP contribution in [-0.2, 0) is 9.59 Å². The predicted molar refractivity (Wildman–Crippen MR) is 84.0 cm³/mol. The lowest BCUT2D eigenvalue weighted by Gasteiger charge is -2.25. The van der Waals surface area contributed by atoms with Crippen LogP contribution in [0.4, 0.5) is 11.4 Å². The molecule has 0 spiro atoms. The number of rotatable bonds is 3. The number of carbonyl (C=O) groups is 2. The van der Waals surface area contributed by atoms with E-state index in [-0.39, 0.29) is 23.8 Å². The molecule has 0 atom stereocenters. The van der Waals surface area contributed by atoms with E-state index in [1.807, 2.05) is 25.1 Å². The summed E-state index contributed by atoms with van der Waals surface area (Å²) in [6, 6.07) is 5.74. The van der Waals surface area contributed by atoms with Crippen LogP contribution in [0, 0.1) is 12.8 Å². The third-order valence-electron chi connectivity index (χ3n) is 3.95. The molecule has 0 aliphatic heterocycles. The van der Waals surface area contributed by atoms with Gasteiger partial charge in [-0.25, -0.2) is 0 Å². The van der Waals surface area contributed by atoms with E-state index in [0.717, 1.165) is 42.6 Å². The van der Waals surface area contributed by atoms with Gasteiger partial charge < -0.3 is 16.4 Å². The zero-order valence-electron chi connectivity index (χ0n) is 12.6. The summed E-state index contributed by atoms with van der Waals surface area (Å²) >= 11 is 0. The van der Waals surface area contributed by atoms with E-state index in [2.05, 4.69) is 10.6 Å². The minimum Gasteiger partial charge on any atom is -0.328 e. The fraction of sp³-hybridized carbons (Fsp3) is 0.500. The highest BCUT2D eigenvalue weighted by Gasteiger charge is 2.24. The van der Waals surface area contributed by atoms with Crippen molar-refractivity contribution in [3.63, 3.8) is 0 Å². The quantitative estimate of drug-likeness (QED) is 0.799. The van der Waals surface area contributed by atoms with Crippen molar-refractivity contribution in [2.75, 3.05) is 10.6 Å². The fourth-order valence-corrected chi connectivity index (χ4v) is 2.70. The van der Waals surface area contributed by atoms with Gasteiger partial charge in [0.25, 0.3) is 0 Å². The minimum atomic E-state index is -0.103. The van der Waals surface area contributed by atoms with Gasteiger partial charge in [-0.05, 0) is 56.4 Å². The highest BCUT2D eigenvalue weighted by Crippen LogP contribution is 2.25. The third kappa shape index (κ3) is 4.29. The van der Waals surface area contributed by atoms with Crippen molar-refractivity contribution in [2.45, 2.75) is 45.6 Å². The van der Waals surface area contributed by atoms with Crippen LogP contribution < -0.4 is 16.4 Å². The SMILES string of the molecule is CC(=O)Nc1ccc(NC(=O)C2CCC(N)CC2)cc1C. The summed E-state index contributed by atoms with van der Waals surface area (Å²) in [6.45, 7) is 3.38. The highest BCUT2D eigenvalue weighted by molar-refractivity contribution is 5.94. The Hall–Kier alpha value is -1.88.